The number of anilines is 1. The maximum absolute atomic E-state index is 12.3. The number of amides is 3. The quantitative estimate of drug-likeness (QED) is 0.765. The van der Waals surface area contributed by atoms with Crippen LogP contribution in [0.25, 0.3) is 0 Å². The molecule has 1 fully saturated rings. The second-order valence-corrected chi connectivity index (χ2v) is 6.22. The van der Waals surface area contributed by atoms with Gasteiger partial charge in [0.2, 0.25) is 0 Å². The summed E-state index contributed by atoms with van der Waals surface area (Å²) in [5, 5.41) is 5.60. The monoisotopic (exact) mass is 385 g/mol. The van der Waals surface area contributed by atoms with Gasteiger partial charge in [0.1, 0.15) is 18.1 Å². The van der Waals surface area contributed by atoms with Crippen molar-refractivity contribution in [2.45, 2.75) is 13.1 Å². The summed E-state index contributed by atoms with van der Waals surface area (Å²) in [5.41, 5.74) is 2.35. The Morgan fingerprint density at radius 2 is 2.04 bits per heavy atom. The molecule has 0 spiro atoms. The van der Waals surface area contributed by atoms with Gasteiger partial charge in [-0.1, -0.05) is 12.1 Å². The topological polar surface area (TPSA) is 89.1 Å². The molecule has 0 unspecified atom stereocenters. The molecule has 1 aliphatic heterocycles. The Kier molecular flexibility index (Phi) is 6.21. The first kappa shape index (κ1) is 19.3. The Bertz CT molecular complexity index is 855. The summed E-state index contributed by atoms with van der Waals surface area (Å²) in [6.07, 6.45) is -0.316. The van der Waals surface area contributed by atoms with Crippen molar-refractivity contribution >= 4 is 17.8 Å². The molecule has 0 bridgehead atoms. The van der Waals surface area contributed by atoms with E-state index < -0.39 is 0 Å². The minimum absolute atomic E-state index is 0.283. The van der Waals surface area contributed by atoms with Crippen molar-refractivity contribution in [3.63, 3.8) is 0 Å². The van der Waals surface area contributed by atoms with Gasteiger partial charge in [0.15, 0.2) is 0 Å². The van der Waals surface area contributed by atoms with Gasteiger partial charge in [-0.2, -0.15) is 0 Å². The summed E-state index contributed by atoms with van der Waals surface area (Å²) < 4.78 is 15.5. The summed E-state index contributed by atoms with van der Waals surface area (Å²) >= 11 is 0. The van der Waals surface area contributed by atoms with Crippen LogP contribution in [0, 0.1) is 0 Å². The van der Waals surface area contributed by atoms with Gasteiger partial charge in [0.25, 0.3) is 0 Å². The first-order chi connectivity index (χ1) is 13.6. The lowest BCUT2D eigenvalue weighted by Gasteiger charge is -2.14. The number of carbonyl (C=O) groups is 2. The van der Waals surface area contributed by atoms with E-state index in [0.717, 1.165) is 11.1 Å². The number of benzene rings is 2. The molecule has 8 heteroatoms. The standard InChI is InChI=1S/C20H23N3O5/c1-26-17-6-7-18(27-2)15(11-17)12-21-19(24)22-16-5-3-4-14(10-16)13-23-8-9-28-20(23)25/h3-7,10-11H,8-9,12-13H2,1-2H3,(H2,21,22,24). The van der Waals surface area contributed by atoms with Crippen LogP contribution in [-0.2, 0) is 17.8 Å². The second kappa shape index (κ2) is 8.98. The lowest BCUT2D eigenvalue weighted by Crippen LogP contribution is -2.28. The number of cyclic esters (lactones) is 1. The number of methoxy groups -OCH3 is 2. The minimum Gasteiger partial charge on any atom is -0.497 e. The summed E-state index contributed by atoms with van der Waals surface area (Å²) in [6, 6.07) is 12.4. The van der Waals surface area contributed by atoms with Gasteiger partial charge >= 0.3 is 12.1 Å². The highest BCUT2D eigenvalue weighted by molar-refractivity contribution is 5.89. The van der Waals surface area contributed by atoms with E-state index in [1.807, 2.05) is 24.3 Å². The lowest BCUT2D eigenvalue weighted by molar-refractivity contribution is 0.157. The molecule has 8 nitrogen and oxygen atoms in total. The highest BCUT2D eigenvalue weighted by Crippen LogP contribution is 2.23. The normalized spacial score (nSPS) is 13.1. The number of hydrogen-bond donors (Lipinski definition) is 2. The molecule has 1 aliphatic rings. The van der Waals surface area contributed by atoms with Gasteiger partial charge in [-0.15, -0.1) is 0 Å². The molecule has 0 saturated carbocycles. The van der Waals surface area contributed by atoms with E-state index in [2.05, 4.69) is 10.6 Å². The van der Waals surface area contributed by atoms with Gasteiger partial charge in [-0.05, 0) is 35.9 Å². The third kappa shape index (κ3) is 4.85. The zero-order chi connectivity index (χ0) is 19.9. The van der Waals surface area contributed by atoms with Crippen LogP contribution in [0.5, 0.6) is 11.5 Å². The van der Waals surface area contributed by atoms with Crippen molar-refractivity contribution in [2.24, 2.45) is 0 Å². The highest BCUT2D eigenvalue weighted by atomic mass is 16.6. The fourth-order valence-corrected chi connectivity index (χ4v) is 2.91. The molecule has 0 aromatic heterocycles. The molecule has 2 aromatic rings. The van der Waals surface area contributed by atoms with Crippen LogP contribution >= 0.6 is 0 Å². The lowest BCUT2D eigenvalue weighted by atomic mass is 10.2. The Morgan fingerprint density at radius 3 is 2.75 bits per heavy atom. The number of ether oxygens (including phenoxy) is 3. The minimum atomic E-state index is -0.345. The number of nitrogens with one attached hydrogen (secondary N) is 2. The number of nitrogens with zero attached hydrogens (tertiary/aromatic N) is 1. The van der Waals surface area contributed by atoms with E-state index in [0.29, 0.717) is 36.9 Å². The molecule has 0 aliphatic carbocycles. The van der Waals surface area contributed by atoms with Gasteiger partial charge < -0.3 is 29.7 Å². The van der Waals surface area contributed by atoms with Crippen molar-refractivity contribution < 1.29 is 23.8 Å². The first-order valence-electron chi connectivity index (χ1n) is 8.85. The van der Waals surface area contributed by atoms with E-state index >= 15 is 0 Å². The second-order valence-electron chi connectivity index (χ2n) is 6.22. The molecule has 3 rings (SSSR count). The molecular weight excluding hydrogens is 362 g/mol. The van der Waals surface area contributed by atoms with Crippen LogP contribution in [0.3, 0.4) is 0 Å². The molecule has 2 aromatic carbocycles. The van der Waals surface area contributed by atoms with Crippen molar-refractivity contribution in [1.82, 2.24) is 10.2 Å². The largest absolute Gasteiger partial charge is 0.497 e. The Balaban J connectivity index is 1.58. The maximum Gasteiger partial charge on any atom is 0.410 e. The van der Waals surface area contributed by atoms with Crippen molar-refractivity contribution in [3.05, 3.63) is 53.6 Å². The van der Waals surface area contributed by atoms with Crippen molar-refractivity contribution in [3.8, 4) is 11.5 Å². The maximum atomic E-state index is 12.3. The van der Waals surface area contributed by atoms with E-state index in [1.165, 1.54) is 0 Å². The molecule has 1 heterocycles. The van der Waals surface area contributed by atoms with Gasteiger partial charge in [-0.3, -0.25) is 0 Å². The van der Waals surface area contributed by atoms with Crippen LogP contribution in [0.2, 0.25) is 0 Å². The number of carbonyl (C=O) groups excluding carboxylic acids is 2. The predicted octanol–water partition coefficient (Wildman–Crippen LogP) is 2.98. The Labute approximate surface area is 163 Å². The fraction of sp³-hybridized carbons (Fsp3) is 0.300. The van der Waals surface area contributed by atoms with Crippen LogP contribution in [-0.4, -0.2) is 44.4 Å². The van der Waals surface area contributed by atoms with E-state index in [4.69, 9.17) is 14.2 Å². The van der Waals surface area contributed by atoms with Crippen LogP contribution < -0.4 is 20.1 Å². The summed E-state index contributed by atoms with van der Waals surface area (Å²) in [6.45, 7) is 1.70. The van der Waals surface area contributed by atoms with Gasteiger partial charge in [0.05, 0.1) is 20.8 Å². The van der Waals surface area contributed by atoms with Crippen LogP contribution in [0.4, 0.5) is 15.3 Å². The average Bonchev–Trinajstić information content (AvgIpc) is 3.10. The van der Waals surface area contributed by atoms with E-state index in [1.54, 1.807) is 37.3 Å². The molecular formula is C20H23N3O5. The Morgan fingerprint density at radius 1 is 1.18 bits per heavy atom. The zero-order valence-electron chi connectivity index (χ0n) is 15.9. The molecule has 3 amide bonds. The summed E-state index contributed by atoms with van der Waals surface area (Å²) in [7, 11) is 3.16. The number of urea groups is 1. The molecule has 28 heavy (non-hydrogen) atoms. The predicted molar refractivity (Wildman–Crippen MR) is 104 cm³/mol. The summed E-state index contributed by atoms with van der Waals surface area (Å²) in [5.74, 6) is 1.35. The molecule has 1 saturated heterocycles. The molecule has 0 atom stereocenters. The zero-order valence-corrected chi connectivity index (χ0v) is 15.9. The number of hydrogen-bond acceptors (Lipinski definition) is 5. The van der Waals surface area contributed by atoms with Gasteiger partial charge in [-0.25, -0.2) is 9.59 Å². The van der Waals surface area contributed by atoms with Gasteiger partial charge in [0, 0.05) is 24.3 Å². The first-order valence-corrected chi connectivity index (χ1v) is 8.85. The molecule has 2 N–H and O–H groups in total. The molecule has 148 valence electrons. The third-order valence-electron chi connectivity index (χ3n) is 4.33. The van der Waals surface area contributed by atoms with Crippen LogP contribution in [0.1, 0.15) is 11.1 Å². The van der Waals surface area contributed by atoms with Crippen molar-refractivity contribution in [1.29, 1.82) is 0 Å². The van der Waals surface area contributed by atoms with E-state index in [9.17, 15) is 9.59 Å². The SMILES string of the molecule is COc1ccc(OC)c(CNC(=O)Nc2cccc(CN3CCOC3=O)c2)c1. The molecule has 0 radical (unpaired) electrons. The summed E-state index contributed by atoms with van der Waals surface area (Å²) in [4.78, 5) is 25.5. The van der Waals surface area contributed by atoms with Crippen LogP contribution in [0.15, 0.2) is 42.5 Å². The van der Waals surface area contributed by atoms with Crippen molar-refractivity contribution in [2.75, 3.05) is 32.7 Å². The smallest absolute Gasteiger partial charge is 0.410 e. The highest BCUT2D eigenvalue weighted by Gasteiger charge is 2.21. The average molecular weight is 385 g/mol. The number of rotatable bonds is 7. The van der Waals surface area contributed by atoms with E-state index in [-0.39, 0.29) is 18.7 Å². The fourth-order valence-electron chi connectivity index (χ4n) is 2.91. The Hall–Kier alpha value is -3.42. The third-order valence-corrected chi connectivity index (χ3v) is 4.33.